The molecule has 84 valence electrons. The maximum atomic E-state index is 11.6. The van der Waals surface area contributed by atoms with Crippen molar-refractivity contribution < 1.29 is 14.3 Å². The van der Waals surface area contributed by atoms with Gasteiger partial charge in [-0.15, -0.1) is 0 Å². The van der Waals surface area contributed by atoms with Crippen LogP contribution < -0.4 is 0 Å². The minimum absolute atomic E-state index is 0.109. The van der Waals surface area contributed by atoms with Crippen LogP contribution >= 0.6 is 0 Å². The quantitative estimate of drug-likeness (QED) is 0.576. The number of carbonyl (C=O) groups is 1. The minimum Gasteiger partial charge on any atom is -0.459 e. The molecule has 1 aliphatic heterocycles. The zero-order chi connectivity index (χ0) is 11.4. The van der Waals surface area contributed by atoms with Gasteiger partial charge in [0.05, 0.1) is 11.7 Å². The molecule has 1 aromatic rings. The van der Waals surface area contributed by atoms with Crippen LogP contribution in [0.1, 0.15) is 17.3 Å². The molecule has 16 heavy (non-hydrogen) atoms. The van der Waals surface area contributed by atoms with Gasteiger partial charge in [0.2, 0.25) is 0 Å². The Morgan fingerprint density at radius 3 is 2.69 bits per heavy atom. The maximum Gasteiger partial charge on any atom is 0.338 e. The lowest BCUT2D eigenvalue weighted by atomic mass is 10.2. The number of esters is 1. The molecule has 0 radical (unpaired) electrons. The highest BCUT2D eigenvalue weighted by atomic mass is 16.6. The van der Waals surface area contributed by atoms with Crippen LogP contribution in [0, 0.1) is 0 Å². The molecule has 0 spiro atoms. The van der Waals surface area contributed by atoms with Gasteiger partial charge in [0.1, 0.15) is 12.7 Å². The summed E-state index contributed by atoms with van der Waals surface area (Å²) in [7, 11) is 0. The van der Waals surface area contributed by atoms with E-state index in [1.54, 1.807) is 12.1 Å². The number of hydrogen-bond donors (Lipinski definition) is 0. The molecule has 1 heterocycles. The molecule has 0 saturated carbocycles. The Hall–Kier alpha value is -1.61. The highest BCUT2D eigenvalue weighted by Crippen LogP contribution is 2.11. The highest BCUT2D eigenvalue weighted by molar-refractivity contribution is 5.89. The molecular weight excluding hydrogens is 204 g/mol. The average Bonchev–Trinajstić information content (AvgIpc) is 2.73. The molecule has 1 aliphatic rings. The van der Waals surface area contributed by atoms with Crippen LogP contribution in [0.2, 0.25) is 0 Å². The van der Waals surface area contributed by atoms with Crippen molar-refractivity contribution in [2.45, 2.75) is 19.1 Å². The van der Waals surface area contributed by atoms with E-state index in [1.165, 1.54) is 0 Å². The van der Waals surface area contributed by atoms with Crippen LogP contribution in [0.3, 0.4) is 0 Å². The molecular formula is C13H14O3. The number of rotatable bonds is 3. The third-order valence-electron chi connectivity index (χ3n) is 2.37. The molecule has 0 aliphatic carbocycles. The fourth-order valence-corrected chi connectivity index (χ4v) is 1.56. The van der Waals surface area contributed by atoms with E-state index in [9.17, 15) is 4.79 Å². The normalized spacial score (nSPS) is 23.3. The van der Waals surface area contributed by atoms with Gasteiger partial charge < -0.3 is 9.47 Å². The van der Waals surface area contributed by atoms with Crippen molar-refractivity contribution in [2.75, 3.05) is 6.61 Å². The van der Waals surface area contributed by atoms with Crippen LogP contribution in [-0.4, -0.2) is 24.8 Å². The summed E-state index contributed by atoms with van der Waals surface area (Å²) in [6, 6.07) is 8.95. The molecule has 0 amide bonds. The van der Waals surface area contributed by atoms with Gasteiger partial charge in [-0.2, -0.15) is 0 Å². The Balaban J connectivity index is 1.83. The predicted molar refractivity (Wildman–Crippen MR) is 60.2 cm³/mol. The Morgan fingerprint density at radius 2 is 2.06 bits per heavy atom. The predicted octanol–water partition coefficient (Wildman–Crippen LogP) is 2.19. The summed E-state index contributed by atoms with van der Waals surface area (Å²) in [5, 5.41) is 0. The van der Waals surface area contributed by atoms with E-state index in [2.05, 4.69) is 0 Å². The SMILES string of the molecule is C[C@H]1C=C[C@@H](COC(=O)c2ccccc2)O1. The topological polar surface area (TPSA) is 35.5 Å². The molecule has 0 unspecified atom stereocenters. The number of ether oxygens (including phenoxy) is 2. The minimum atomic E-state index is -0.308. The van der Waals surface area contributed by atoms with E-state index < -0.39 is 0 Å². The van der Waals surface area contributed by atoms with Gasteiger partial charge in [0.25, 0.3) is 0 Å². The van der Waals surface area contributed by atoms with Crippen LogP contribution in [0.25, 0.3) is 0 Å². The van der Waals surface area contributed by atoms with Crippen molar-refractivity contribution in [3.63, 3.8) is 0 Å². The lowest BCUT2D eigenvalue weighted by Crippen LogP contribution is -2.19. The Kier molecular flexibility index (Phi) is 3.37. The maximum absolute atomic E-state index is 11.6. The van der Waals surface area contributed by atoms with Crippen molar-refractivity contribution in [1.29, 1.82) is 0 Å². The fourth-order valence-electron chi connectivity index (χ4n) is 1.56. The number of carbonyl (C=O) groups excluding carboxylic acids is 1. The van der Waals surface area contributed by atoms with E-state index in [0.29, 0.717) is 5.56 Å². The first-order valence-corrected chi connectivity index (χ1v) is 5.31. The van der Waals surface area contributed by atoms with Gasteiger partial charge in [0.15, 0.2) is 0 Å². The van der Waals surface area contributed by atoms with Gasteiger partial charge in [-0.1, -0.05) is 30.4 Å². The molecule has 0 N–H and O–H groups in total. The Labute approximate surface area is 94.7 Å². The van der Waals surface area contributed by atoms with Gasteiger partial charge in [0, 0.05) is 0 Å². The van der Waals surface area contributed by atoms with Crippen LogP contribution in [0.5, 0.6) is 0 Å². The molecule has 0 fully saturated rings. The summed E-state index contributed by atoms with van der Waals surface area (Å²) < 4.78 is 10.6. The first-order chi connectivity index (χ1) is 7.75. The number of benzene rings is 1. The molecule has 0 bridgehead atoms. The van der Waals surface area contributed by atoms with Gasteiger partial charge in [-0.25, -0.2) is 4.79 Å². The van der Waals surface area contributed by atoms with Crippen molar-refractivity contribution in [3.8, 4) is 0 Å². The van der Waals surface area contributed by atoms with Crippen molar-refractivity contribution in [1.82, 2.24) is 0 Å². The second kappa shape index (κ2) is 4.94. The van der Waals surface area contributed by atoms with E-state index in [1.807, 2.05) is 37.3 Å². The van der Waals surface area contributed by atoms with Gasteiger partial charge in [-0.05, 0) is 19.1 Å². The van der Waals surface area contributed by atoms with E-state index in [-0.39, 0.29) is 24.8 Å². The Bertz CT molecular complexity index is 383. The summed E-state index contributed by atoms with van der Waals surface area (Å²) in [5.41, 5.74) is 0.567. The lowest BCUT2D eigenvalue weighted by Gasteiger charge is -2.11. The molecule has 0 saturated heterocycles. The Morgan fingerprint density at radius 1 is 1.31 bits per heavy atom. The van der Waals surface area contributed by atoms with Gasteiger partial charge >= 0.3 is 5.97 Å². The monoisotopic (exact) mass is 218 g/mol. The summed E-state index contributed by atoms with van der Waals surface area (Å²) in [6.45, 7) is 2.23. The largest absolute Gasteiger partial charge is 0.459 e. The summed E-state index contributed by atoms with van der Waals surface area (Å²) in [6.07, 6.45) is 3.88. The van der Waals surface area contributed by atoms with Crippen molar-refractivity contribution in [2.24, 2.45) is 0 Å². The molecule has 2 rings (SSSR count). The van der Waals surface area contributed by atoms with Gasteiger partial charge in [-0.3, -0.25) is 0 Å². The summed E-state index contributed by atoms with van der Waals surface area (Å²) in [4.78, 5) is 11.6. The number of hydrogen-bond acceptors (Lipinski definition) is 3. The smallest absolute Gasteiger partial charge is 0.338 e. The first-order valence-electron chi connectivity index (χ1n) is 5.31. The zero-order valence-corrected chi connectivity index (χ0v) is 9.13. The second-order valence-corrected chi connectivity index (χ2v) is 3.73. The molecule has 3 heteroatoms. The van der Waals surface area contributed by atoms with Crippen molar-refractivity contribution >= 4 is 5.97 Å². The molecule has 1 aromatic carbocycles. The third kappa shape index (κ3) is 2.70. The van der Waals surface area contributed by atoms with Crippen LogP contribution in [0.15, 0.2) is 42.5 Å². The van der Waals surface area contributed by atoms with E-state index in [0.717, 1.165) is 0 Å². The zero-order valence-electron chi connectivity index (χ0n) is 9.13. The third-order valence-corrected chi connectivity index (χ3v) is 2.37. The molecule has 2 atom stereocenters. The van der Waals surface area contributed by atoms with Crippen LogP contribution in [-0.2, 0) is 9.47 Å². The summed E-state index contributed by atoms with van der Waals surface area (Å²) in [5.74, 6) is -0.308. The highest BCUT2D eigenvalue weighted by Gasteiger charge is 2.17. The lowest BCUT2D eigenvalue weighted by molar-refractivity contribution is 0.00632. The summed E-state index contributed by atoms with van der Waals surface area (Å²) >= 11 is 0. The standard InChI is InChI=1S/C13H14O3/c1-10-7-8-12(16-10)9-15-13(14)11-5-3-2-4-6-11/h2-8,10,12H,9H2,1H3/t10-,12-/m0/s1. The van der Waals surface area contributed by atoms with Crippen LogP contribution in [0.4, 0.5) is 0 Å². The van der Waals surface area contributed by atoms with E-state index >= 15 is 0 Å². The average molecular weight is 218 g/mol. The molecule has 0 aromatic heterocycles. The molecule has 3 nitrogen and oxygen atoms in total. The fraction of sp³-hybridized carbons (Fsp3) is 0.308. The van der Waals surface area contributed by atoms with E-state index in [4.69, 9.17) is 9.47 Å². The second-order valence-electron chi connectivity index (χ2n) is 3.73. The van der Waals surface area contributed by atoms with Crippen molar-refractivity contribution in [3.05, 3.63) is 48.0 Å². The first kappa shape index (κ1) is 10.9.